The third-order valence-corrected chi connectivity index (χ3v) is 4.53. The molecule has 7 nitrogen and oxygen atoms in total. The molecule has 0 spiro atoms. The molecule has 1 atom stereocenters. The maximum absolute atomic E-state index is 12.7. The first-order valence-electron chi connectivity index (χ1n) is 10.2. The molecule has 2 aromatic rings. The number of pyridine rings is 1. The Hall–Kier alpha value is -3.56. The van der Waals surface area contributed by atoms with Gasteiger partial charge in [0.1, 0.15) is 17.4 Å². The van der Waals surface area contributed by atoms with E-state index in [0.717, 1.165) is 0 Å². The van der Waals surface area contributed by atoms with Crippen LogP contribution in [0.1, 0.15) is 26.5 Å². The number of carbonyl (C=O) groups is 2. The summed E-state index contributed by atoms with van der Waals surface area (Å²) < 4.78 is 46.2. The minimum absolute atomic E-state index is 0.106. The molecule has 176 valence electrons. The molecule has 1 aliphatic rings. The van der Waals surface area contributed by atoms with Crippen molar-refractivity contribution in [2.45, 2.75) is 45.3 Å². The third-order valence-electron chi connectivity index (χ3n) is 4.53. The lowest BCUT2D eigenvalue weighted by atomic mass is 10.1. The molecule has 1 aromatic carbocycles. The summed E-state index contributed by atoms with van der Waals surface area (Å²) in [7, 11) is 0. The minimum atomic E-state index is -4.75. The van der Waals surface area contributed by atoms with Crippen molar-refractivity contribution in [2.75, 3.05) is 6.54 Å². The Kier molecular flexibility index (Phi) is 6.95. The second-order valence-corrected chi connectivity index (χ2v) is 8.33. The Bertz CT molecular complexity index is 1030. The van der Waals surface area contributed by atoms with E-state index in [1.54, 1.807) is 51.3 Å². The minimum Gasteiger partial charge on any atom is -0.444 e. The lowest BCUT2D eigenvalue weighted by Gasteiger charge is -2.28. The number of nitrogens with zero attached hydrogens (tertiary/aromatic N) is 2. The fraction of sp³-hybridized carbons (Fsp3) is 0.348. The number of alkyl halides is 3. The molecule has 0 bridgehead atoms. The Morgan fingerprint density at radius 3 is 2.45 bits per heavy atom. The van der Waals surface area contributed by atoms with Crippen LogP contribution in [0.4, 0.5) is 18.0 Å². The molecule has 0 radical (unpaired) electrons. The van der Waals surface area contributed by atoms with Crippen LogP contribution in [0.3, 0.4) is 0 Å². The molecule has 10 heteroatoms. The highest BCUT2D eigenvalue weighted by molar-refractivity contribution is 5.88. The monoisotopic (exact) mass is 463 g/mol. The van der Waals surface area contributed by atoms with Crippen LogP contribution in [0.15, 0.2) is 54.7 Å². The van der Waals surface area contributed by atoms with E-state index < -0.39 is 24.1 Å². The summed E-state index contributed by atoms with van der Waals surface area (Å²) in [6.07, 6.45) is -0.436. The smallest absolute Gasteiger partial charge is 0.444 e. The molecule has 0 fully saturated rings. The predicted molar refractivity (Wildman–Crippen MR) is 114 cm³/mol. The van der Waals surface area contributed by atoms with E-state index in [-0.39, 0.29) is 24.7 Å². The zero-order chi connectivity index (χ0) is 24.2. The van der Waals surface area contributed by atoms with Gasteiger partial charge < -0.3 is 14.8 Å². The van der Waals surface area contributed by atoms with E-state index in [9.17, 15) is 22.8 Å². The van der Waals surface area contributed by atoms with Crippen molar-refractivity contribution in [1.29, 1.82) is 0 Å². The fourth-order valence-electron chi connectivity index (χ4n) is 3.14. The largest absolute Gasteiger partial charge is 0.573 e. The van der Waals surface area contributed by atoms with Crippen molar-refractivity contribution in [3.05, 3.63) is 60.4 Å². The van der Waals surface area contributed by atoms with Crippen molar-refractivity contribution < 1.29 is 32.2 Å². The van der Waals surface area contributed by atoms with Crippen molar-refractivity contribution in [1.82, 2.24) is 15.2 Å². The quantitative estimate of drug-likeness (QED) is 0.664. The number of hydrogen-bond acceptors (Lipinski definition) is 5. The van der Waals surface area contributed by atoms with Gasteiger partial charge in [-0.05, 0) is 56.2 Å². The number of benzene rings is 1. The highest BCUT2D eigenvalue weighted by Gasteiger charge is 2.33. The zero-order valence-corrected chi connectivity index (χ0v) is 18.3. The van der Waals surface area contributed by atoms with Crippen molar-refractivity contribution >= 4 is 12.0 Å². The molecule has 2 heterocycles. The first kappa shape index (κ1) is 24.1. The molecular formula is C23H24F3N3O4. The van der Waals surface area contributed by atoms with Gasteiger partial charge in [0.25, 0.3) is 0 Å². The molecule has 3 rings (SSSR count). The van der Waals surface area contributed by atoms with Crippen molar-refractivity contribution in [3.8, 4) is 16.9 Å². The van der Waals surface area contributed by atoms with Crippen LogP contribution < -0.4 is 10.1 Å². The molecule has 0 aliphatic carbocycles. The molecule has 0 unspecified atom stereocenters. The van der Waals surface area contributed by atoms with Gasteiger partial charge in [-0.1, -0.05) is 24.3 Å². The number of aromatic nitrogens is 1. The second kappa shape index (κ2) is 9.51. The standard InChI is InChI=1S/C23H24F3N3O4/c1-22(2,3)33-21(31)29-12-4-5-19(29)20(30)28-14-17-13-16(10-11-27-17)15-6-8-18(9-7-15)32-23(24,25)26/h4-11,13,19H,12,14H2,1-3H3,(H,28,30)/t19-/m0/s1. The third kappa shape index (κ3) is 6.96. The number of ether oxygens (including phenoxy) is 2. The fourth-order valence-corrected chi connectivity index (χ4v) is 3.14. The molecule has 0 saturated heterocycles. The van der Waals surface area contributed by atoms with Gasteiger partial charge >= 0.3 is 12.5 Å². The number of amides is 2. The van der Waals surface area contributed by atoms with Crippen LogP contribution in [-0.4, -0.2) is 46.4 Å². The lowest BCUT2D eigenvalue weighted by Crippen LogP contribution is -2.47. The molecule has 1 aromatic heterocycles. The SMILES string of the molecule is CC(C)(C)OC(=O)N1CC=C[C@H]1C(=O)NCc1cc(-c2ccc(OC(F)(F)F)cc2)ccn1. The molecule has 0 saturated carbocycles. The number of halogens is 3. The molecule has 1 N–H and O–H groups in total. The highest BCUT2D eigenvalue weighted by Crippen LogP contribution is 2.26. The summed E-state index contributed by atoms with van der Waals surface area (Å²) in [6, 6.07) is 8.08. The van der Waals surface area contributed by atoms with Crippen LogP contribution in [0.2, 0.25) is 0 Å². The number of hydrogen-bond donors (Lipinski definition) is 1. The Labute approximate surface area is 189 Å². The summed E-state index contributed by atoms with van der Waals surface area (Å²) in [6.45, 7) is 5.63. The maximum atomic E-state index is 12.7. The van der Waals surface area contributed by atoms with Gasteiger partial charge in [0.2, 0.25) is 5.91 Å². The van der Waals surface area contributed by atoms with E-state index in [0.29, 0.717) is 16.8 Å². The Morgan fingerprint density at radius 2 is 1.82 bits per heavy atom. The van der Waals surface area contributed by atoms with E-state index in [2.05, 4.69) is 15.0 Å². The first-order valence-corrected chi connectivity index (χ1v) is 10.2. The average Bonchev–Trinajstić information content (AvgIpc) is 3.21. The van der Waals surface area contributed by atoms with Crippen molar-refractivity contribution in [3.63, 3.8) is 0 Å². The predicted octanol–water partition coefficient (Wildman–Crippen LogP) is 4.44. The second-order valence-electron chi connectivity index (χ2n) is 8.33. The summed E-state index contributed by atoms with van der Waals surface area (Å²) in [5.74, 6) is -0.692. The molecule has 33 heavy (non-hydrogen) atoms. The van der Waals surface area contributed by atoms with Crippen molar-refractivity contribution in [2.24, 2.45) is 0 Å². The van der Waals surface area contributed by atoms with Crippen LogP contribution >= 0.6 is 0 Å². The van der Waals surface area contributed by atoms with Crippen LogP contribution in [-0.2, 0) is 16.1 Å². The molecule has 1 aliphatic heterocycles. The summed E-state index contributed by atoms with van der Waals surface area (Å²) >= 11 is 0. The summed E-state index contributed by atoms with van der Waals surface area (Å²) in [5.41, 5.74) is 1.24. The van der Waals surface area contributed by atoms with Gasteiger partial charge in [-0.2, -0.15) is 0 Å². The summed E-state index contributed by atoms with van der Waals surface area (Å²) in [5, 5.41) is 2.75. The van der Waals surface area contributed by atoms with Gasteiger partial charge in [-0.25, -0.2) is 4.79 Å². The van der Waals surface area contributed by atoms with E-state index in [4.69, 9.17) is 4.74 Å². The Balaban J connectivity index is 1.62. The van der Waals surface area contributed by atoms with E-state index >= 15 is 0 Å². The first-order chi connectivity index (χ1) is 15.4. The van der Waals surface area contributed by atoms with Crippen LogP contribution in [0.25, 0.3) is 11.1 Å². The maximum Gasteiger partial charge on any atom is 0.573 e. The average molecular weight is 463 g/mol. The summed E-state index contributed by atoms with van der Waals surface area (Å²) in [4.78, 5) is 30.6. The molecule has 2 amide bonds. The molecular weight excluding hydrogens is 439 g/mol. The lowest BCUT2D eigenvalue weighted by molar-refractivity contribution is -0.274. The number of nitrogens with one attached hydrogen (secondary N) is 1. The van der Waals surface area contributed by atoms with Crippen LogP contribution in [0.5, 0.6) is 5.75 Å². The van der Waals surface area contributed by atoms with Gasteiger partial charge in [0, 0.05) is 12.7 Å². The number of carbonyl (C=O) groups excluding carboxylic acids is 2. The van der Waals surface area contributed by atoms with Gasteiger partial charge in [0.05, 0.1) is 12.2 Å². The highest BCUT2D eigenvalue weighted by atomic mass is 19.4. The topological polar surface area (TPSA) is 80.8 Å². The number of rotatable bonds is 5. The zero-order valence-electron chi connectivity index (χ0n) is 18.3. The van der Waals surface area contributed by atoms with E-state index in [1.807, 2.05) is 0 Å². The van der Waals surface area contributed by atoms with Gasteiger partial charge in [-0.15, -0.1) is 13.2 Å². The normalized spacial score (nSPS) is 15.9. The van der Waals surface area contributed by atoms with Crippen LogP contribution in [0, 0.1) is 0 Å². The van der Waals surface area contributed by atoms with Gasteiger partial charge in [0.15, 0.2) is 0 Å². The Morgan fingerprint density at radius 1 is 1.12 bits per heavy atom. The van der Waals surface area contributed by atoms with E-state index in [1.165, 1.54) is 29.2 Å². The van der Waals surface area contributed by atoms with Gasteiger partial charge in [-0.3, -0.25) is 14.7 Å².